The van der Waals surface area contributed by atoms with Gasteiger partial charge in [0.05, 0.1) is 6.54 Å². The van der Waals surface area contributed by atoms with Crippen molar-refractivity contribution >= 4 is 0 Å². The quantitative estimate of drug-likeness (QED) is 0.759. The topological polar surface area (TPSA) is 29.9 Å². The lowest BCUT2D eigenvalue weighted by Gasteiger charge is -2.26. The second kappa shape index (κ2) is 3.50. The van der Waals surface area contributed by atoms with Crippen molar-refractivity contribution in [3.05, 3.63) is 17.7 Å². The fourth-order valence-electron chi connectivity index (χ4n) is 1.56. The Balaban J connectivity index is 1.89. The van der Waals surface area contributed by atoms with Crippen LogP contribution in [0, 0.1) is 6.92 Å². The van der Waals surface area contributed by atoms with Gasteiger partial charge in [0.1, 0.15) is 5.82 Å². The Morgan fingerprint density at radius 2 is 2.38 bits per heavy atom. The van der Waals surface area contributed by atoms with Crippen LogP contribution in [0.4, 0.5) is 0 Å². The number of nitrogens with zero attached hydrogens (tertiary/aromatic N) is 2. The summed E-state index contributed by atoms with van der Waals surface area (Å²) in [5, 5.41) is 3.51. The Morgan fingerprint density at radius 3 is 2.85 bits per heavy atom. The van der Waals surface area contributed by atoms with Crippen molar-refractivity contribution in [3.63, 3.8) is 0 Å². The zero-order valence-corrected chi connectivity index (χ0v) is 8.38. The molecule has 1 aliphatic carbocycles. The second-order valence-electron chi connectivity index (χ2n) is 3.88. The number of aryl methyl sites for hydroxylation is 1. The molecule has 0 atom stereocenters. The van der Waals surface area contributed by atoms with Crippen molar-refractivity contribution in [2.24, 2.45) is 7.05 Å². The number of nitrogens with one attached hydrogen (secondary N) is 1. The summed E-state index contributed by atoms with van der Waals surface area (Å²) in [7, 11) is 2.07. The molecule has 0 saturated heterocycles. The monoisotopic (exact) mass is 179 g/mol. The van der Waals surface area contributed by atoms with Gasteiger partial charge in [0.2, 0.25) is 0 Å². The molecule has 0 bridgehead atoms. The van der Waals surface area contributed by atoms with Crippen molar-refractivity contribution in [1.29, 1.82) is 0 Å². The summed E-state index contributed by atoms with van der Waals surface area (Å²) in [5.41, 5.74) is 1.23. The number of hydrogen-bond acceptors (Lipinski definition) is 2. The van der Waals surface area contributed by atoms with Crippen LogP contribution >= 0.6 is 0 Å². The van der Waals surface area contributed by atoms with E-state index in [0.29, 0.717) is 0 Å². The van der Waals surface area contributed by atoms with E-state index in [4.69, 9.17) is 0 Å². The Labute approximate surface area is 79.2 Å². The molecule has 0 aliphatic heterocycles. The van der Waals surface area contributed by atoms with Gasteiger partial charge in [0.15, 0.2) is 0 Å². The molecular weight excluding hydrogens is 162 g/mol. The van der Waals surface area contributed by atoms with E-state index in [-0.39, 0.29) is 0 Å². The third-order valence-corrected chi connectivity index (χ3v) is 2.97. The molecule has 1 aromatic heterocycles. The third-order valence-electron chi connectivity index (χ3n) is 2.97. The summed E-state index contributed by atoms with van der Waals surface area (Å²) in [5.74, 6) is 1.14. The molecule has 1 heterocycles. The lowest BCUT2D eigenvalue weighted by atomic mass is 9.93. The molecule has 2 rings (SSSR count). The first-order valence-electron chi connectivity index (χ1n) is 4.98. The van der Waals surface area contributed by atoms with Gasteiger partial charge in [-0.05, 0) is 19.8 Å². The highest BCUT2D eigenvalue weighted by Gasteiger charge is 2.16. The zero-order valence-electron chi connectivity index (χ0n) is 8.38. The molecule has 0 radical (unpaired) electrons. The van der Waals surface area contributed by atoms with E-state index in [1.807, 2.05) is 6.20 Å². The Morgan fingerprint density at radius 1 is 1.62 bits per heavy atom. The summed E-state index contributed by atoms with van der Waals surface area (Å²) in [6.45, 7) is 2.99. The molecule has 1 aliphatic rings. The van der Waals surface area contributed by atoms with Gasteiger partial charge >= 0.3 is 0 Å². The van der Waals surface area contributed by atoms with Crippen LogP contribution < -0.4 is 5.32 Å². The van der Waals surface area contributed by atoms with Gasteiger partial charge < -0.3 is 9.88 Å². The van der Waals surface area contributed by atoms with Crippen LogP contribution in [0.5, 0.6) is 0 Å². The minimum Gasteiger partial charge on any atom is -0.334 e. The molecule has 0 unspecified atom stereocenters. The molecule has 72 valence electrons. The first-order chi connectivity index (χ1) is 6.27. The van der Waals surface area contributed by atoms with Gasteiger partial charge in [0.25, 0.3) is 0 Å². The smallest absolute Gasteiger partial charge is 0.122 e. The van der Waals surface area contributed by atoms with Crippen molar-refractivity contribution in [3.8, 4) is 0 Å². The molecule has 13 heavy (non-hydrogen) atoms. The van der Waals surface area contributed by atoms with Crippen LogP contribution in [-0.2, 0) is 13.6 Å². The standard InChI is InChI=1S/C10H17N3/c1-8-6-12-10(13(8)2)7-11-9-4-3-5-9/h6,9,11H,3-5,7H2,1-2H3. The molecule has 1 N–H and O–H groups in total. The minimum atomic E-state index is 0.747. The SMILES string of the molecule is Cc1cnc(CNC2CCC2)n1C. The molecule has 0 spiro atoms. The highest BCUT2D eigenvalue weighted by Crippen LogP contribution is 2.18. The fourth-order valence-corrected chi connectivity index (χ4v) is 1.56. The van der Waals surface area contributed by atoms with Crippen LogP contribution in [0.25, 0.3) is 0 Å². The first kappa shape index (κ1) is 8.75. The van der Waals surface area contributed by atoms with Crippen molar-refractivity contribution in [1.82, 2.24) is 14.9 Å². The maximum atomic E-state index is 4.35. The fraction of sp³-hybridized carbons (Fsp3) is 0.700. The van der Waals surface area contributed by atoms with E-state index in [9.17, 15) is 0 Å². The van der Waals surface area contributed by atoms with E-state index in [0.717, 1.165) is 18.4 Å². The van der Waals surface area contributed by atoms with Gasteiger partial charge in [-0.15, -0.1) is 0 Å². The number of aromatic nitrogens is 2. The third kappa shape index (κ3) is 1.75. The normalized spacial score (nSPS) is 17.4. The maximum Gasteiger partial charge on any atom is 0.122 e. The van der Waals surface area contributed by atoms with E-state index >= 15 is 0 Å². The molecule has 1 aromatic rings. The first-order valence-corrected chi connectivity index (χ1v) is 4.98. The van der Waals surface area contributed by atoms with Gasteiger partial charge in [-0.25, -0.2) is 4.98 Å². The molecule has 1 saturated carbocycles. The van der Waals surface area contributed by atoms with E-state index in [1.54, 1.807) is 0 Å². The Kier molecular flexibility index (Phi) is 2.36. The van der Waals surface area contributed by atoms with E-state index in [2.05, 4.69) is 28.8 Å². The van der Waals surface area contributed by atoms with Crippen LogP contribution in [0.2, 0.25) is 0 Å². The van der Waals surface area contributed by atoms with Crippen LogP contribution in [0.3, 0.4) is 0 Å². The molecule has 0 aromatic carbocycles. The summed E-state index contributed by atoms with van der Waals surface area (Å²) in [6, 6.07) is 0.747. The Hall–Kier alpha value is -0.830. The van der Waals surface area contributed by atoms with E-state index < -0.39 is 0 Å². The second-order valence-corrected chi connectivity index (χ2v) is 3.88. The molecule has 3 heteroatoms. The van der Waals surface area contributed by atoms with Crippen molar-refractivity contribution in [2.75, 3.05) is 0 Å². The number of hydrogen-bond donors (Lipinski definition) is 1. The maximum absolute atomic E-state index is 4.35. The van der Waals surface area contributed by atoms with Crippen molar-refractivity contribution < 1.29 is 0 Å². The average Bonchev–Trinajstić information content (AvgIpc) is 2.33. The summed E-state index contributed by atoms with van der Waals surface area (Å²) >= 11 is 0. The lowest BCUT2D eigenvalue weighted by molar-refractivity contribution is 0.334. The van der Waals surface area contributed by atoms with Gasteiger partial charge in [0, 0.05) is 25.0 Å². The summed E-state index contributed by atoms with van der Waals surface area (Å²) in [6.07, 6.45) is 5.99. The highest BCUT2D eigenvalue weighted by molar-refractivity contribution is 5.02. The predicted octanol–water partition coefficient (Wildman–Crippen LogP) is 1.37. The van der Waals surface area contributed by atoms with E-state index in [1.165, 1.54) is 25.0 Å². The predicted molar refractivity (Wildman–Crippen MR) is 52.4 cm³/mol. The average molecular weight is 179 g/mol. The summed E-state index contributed by atoms with van der Waals surface area (Å²) < 4.78 is 2.14. The molecular formula is C10H17N3. The highest BCUT2D eigenvalue weighted by atomic mass is 15.1. The van der Waals surface area contributed by atoms with Crippen LogP contribution in [-0.4, -0.2) is 15.6 Å². The Bertz CT molecular complexity index is 286. The van der Waals surface area contributed by atoms with Crippen molar-refractivity contribution in [2.45, 2.75) is 38.8 Å². The van der Waals surface area contributed by atoms with Gasteiger partial charge in [-0.2, -0.15) is 0 Å². The number of imidazole rings is 1. The van der Waals surface area contributed by atoms with Crippen LogP contribution in [0.1, 0.15) is 30.8 Å². The summed E-state index contributed by atoms with van der Waals surface area (Å²) in [4.78, 5) is 4.35. The van der Waals surface area contributed by atoms with Gasteiger partial charge in [-0.1, -0.05) is 6.42 Å². The zero-order chi connectivity index (χ0) is 9.26. The van der Waals surface area contributed by atoms with Gasteiger partial charge in [-0.3, -0.25) is 0 Å². The molecule has 0 amide bonds. The molecule has 1 fully saturated rings. The number of rotatable bonds is 3. The van der Waals surface area contributed by atoms with Crippen LogP contribution in [0.15, 0.2) is 6.20 Å². The largest absolute Gasteiger partial charge is 0.334 e. The minimum absolute atomic E-state index is 0.747. The lowest BCUT2D eigenvalue weighted by Crippen LogP contribution is -2.35. The molecule has 3 nitrogen and oxygen atoms in total.